The first kappa shape index (κ1) is 14.5. The van der Waals surface area contributed by atoms with Crippen molar-refractivity contribution in [2.24, 2.45) is 5.73 Å². The average molecular weight is 257 g/mol. The first-order valence-corrected chi connectivity index (χ1v) is 6.80. The van der Waals surface area contributed by atoms with E-state index in [2.05, 4.69) is 0 Å². The zero-order chi connectivity index (χ0) is 12.7. The molecule has 0 bridgehead atoms. The van der Waals surface area contributed by atoms with Crippen LogP contribution in [0.2, 0.25) is 0 Å². The summed E-state index contributed by atoms with van der Waals surface area (Å²) in [5.41, 5.74) is 5.37. The lowest BCUT2D eigenvalue weighted by molar-refractivity contribution is 0.198. The monoisotopic (exact) mass is 257 g/mol. The van der Waals surface area contributed by atoms with Crippen LogP contribution in [0, 0.1) is 5.82 Å². The van der Waals surface area contributed by atoms with Crippen LogP contribution in [0.4, 0.5) is 4.39 Å². The van der Waals surface area contributed by atoms with Gasteiger partial charge in [0, 0.05) is 10.4 Å². The highest BCUT2D eigenvalue weighted by atomic mass is 32.2. The number of hydrogen-bond acceptors (Lipinski definition) is 3. The SMILES string of the molecule is CC(N)(CO)CCCCSc1ccc(F)cc1. The van der Waals surface area contributed by atoms with Gasteiger partial charge in [0.05, 0.1) is 6.61 Å². The van der Waals surface area contributed by atoms with E-state index in [1.54, 1.807) is 23.9 Å². The largest absolute Gasteiger partial charge is 0.394 e. The number of hydrogen-bond donors (Lipinski definition) is 2. The third-order valence-corrected chi connectivity index (χ3v) is 3.68. The Labute approximate surface area is 106 Å². The van der Waals surface area contributed by atoms with Gasteiger partial charge < -0.3 is 10.8 Å². The summed E-state index contributed by atoms with van der Waals surface area (Å²) in [5.74, 6) is 0.795. The van der Waals surface area contributed by atoms with E-state index in [1.807, 2.05) is 6.92 Å². The Morgan fingerprint density at radius 3 is 2.53 bits per heavy atom. The predicted octanol–water partition coefficient (Wildman–Crippen LogP) is 2.80. The first-order chi connectivity index (χ1) is 8.03. The van der Waals surface area contributed by atoms with Crippen LogP contribution in [0.15, 0.2) is 29.2 Å². The quantitative estimate of drug-likeness (QED) is 0.583. The minimum Gasteiger partial charge on any atom is -0.394 e. The van der Waals surface area contributed by atoms with E-state index in [0.29, 0.717) is 0 Å². The molecule has 1 aromatic carbocycles. The molecule has 1 aromatic rings. The van der Waals surface area contributed by atoms with Gasteiger partial charge in [0.2, 0.25) is 0 Å². The van der Waals surface area contributed by atoms with Gasteiger partial charge in [-0.25, -0.2) is 4.39 Å². The van der Waals surface area contributed by atoms with Gasteiger partial charge in [-0.3, -0.25) is 0 Å². The van der Waals surface area contributed by atoms with Crippen LogP contribution in [0.3, 0.4) is 0 Å². The molecule has 0 spiro atoms. The second-order valence-electron chi connectivity index (χ2n) is 4.57. The summed E-state index contributed by atoms with van der Waals surface area (Å²) >= 11 is 1.72. The van der Waals surface area contributed by atoms with Crippen LogP contribution in [0.25, 0.3) is 0 Å². The highest BCUT2D eigenvalue weighted by Crippen LogP contribution is 2.20. The summed E-state index contributed by atoms with van der Waals surface area (Å²) in [5, 5.41) is 8.99. The second kappa shape index (κ2) is 6.99. The number of unbranched alkanes of at least 4 members (excludes halogenated alkanes) is 1. The van der Waals surface area contributed by atoms with Crippen LogP contribution < -0.4 is 5.73 Å². The van der Waals surface area contributed by atoms with Crippen LogP contribution in [0.1, 0.15) is 26.2 Å². The molecule has 0 aliphatic carbocycles. The van der Waals surface area contributed by atoms with Crippen LogP contribution in [-0.4, -0.2) is 23.0 Å². The van der Waals surface area contributed by atoms with E-state index >= 15 is 0 Å². The average Bonchev–Trinajstić information content (AvgIpc) is 2.31. The molecule has 0 saturated heterocycles. The summed E-state index contributed by atoms with van der Waals surface area (Å²) in [6, 6.07) is 6.54. The molecule has 96 valence electrons. The molecule has 0 amide bonds. The van der Waals surface area contributed by atoms with Gasteiger partial charge in [0.1, 0.15) is 5.82 Å². The molecule has 0 radical (unpaired) electrons. The highest BCUT2D eigenvalue weighted by molar-refractivity contribution is 7.99. The zero-order valence-electron chi connectivity index (χ0n) is 10.2. The second-order valence-corrected chi connectivity index (χ2v) is 5.74. The van der Waals surface area contributed by atoms with E-state index < -0.39 is 5.54 Å². The fourth-order valence-electron chi connectivity index (χ4n) is 1.43. The normalized spacial score (nSPS) is 14.6. The third kappa shape index (κ3) is 6.05. The molecule has 1 unspecified atom stereocenters. The fourth-order valence-corrected chi connectivity index (χ4v) is 2.34. The number of rotatable bonds is 7. The van der Waals surface area contributed by atoms with Crippen molar-refractivity contribution in [3.05, 3.63) is 30.1 Å². The van der Waals surface area contributed by atoms with E-state index in [9.17, 15) is 4.39 Å². The number of benzene rings is 1. The van der Waals surface area contributed by atoms with Crippen molar-refractivity contribution in [3.8, 4) is 0 Å². The molecule has 4 heteroatoms. The summed E-state index contributed by atoms with van der Waals surface area (Å²) in [6.07, 6.45) is 2.88. The van der Waals surface area contributed by atoms with Gasteiger partial charge in [0.15, 0.2) is 0 Å². The Morgan fingerprint density at radius 2 is 1.94 bits per heavy atom. The molecule has 1 atom stereocenters. The van der Waals surface area contributed by atoms with Gasteiger partial charge in [-0.2, -0.15) is 0 Å². The van der Waals surface area contributed by atoms with E-state index in [0.717, 1.165) is 29.9 Å². The minimum absolute atomic E-state index is 0.0259. The van der Waals surface area contributed by atoms with Crippen molar-refractivity contribution in [1.82, 2.24) is 0 Å². The fraction of sp³-hybridized carbons (Fsp3) is 0.538. The van der Waals surface area contributed by atoms with Gasteiger partial charge in [-0.15, -0.1) is 11.8 Å². The standard InChI is InChI=1S/C13H20FNOS/c1-13(15,10-16)8-2-3-9-17-12-6-4-11(14)5-7-12/h4-7,16H,2-3,8-10,15H2,1H3. The number of aliphatic hydroxyl groups excluding tert-OH is 1. The molecular weight excluding hydrogens is 237 g/mol. The molecule has 0 fully saturated rings. The van der Waals surface area contributed by atoms with Gasteiger partial charge in [-0.1, -0.05) is 6.42 Å². The van der Waals surface area contributed by atoms with E-state index in [-0.39, 0.29) is 12.4 Å². The van der Waals surface area contributed by atoms with Crippen LogP contribution in [-0.2, 0) is 0 Å². The molecule has 17 heavy (non-hydrogen) atoms. The Hall–Kier alpha value is -0.580. The molecule has 1 rings (SSSR count). The number of nitrogens with two attached hydrogens (primary N) is 1. The smallest absolute Gasteiger partial charge is 0.123 e. The number of aliphatic hydroxyl groups is 1. The first-order valence-electron chi connectivity index (χ1n) is 5.82. The van der Waals surface area contributed by atoms with Crippen molar-refractivity contribution in [1.29, 1.82) is 0 Å². The molecule has 0 aliphatic heterocycles. The summed E-state index contributed by atoms with van der Waals surface area (Å²) < 4.78 is 12.7. The summed E-state index contributed by atoms with van der Waals surface area (Å²) in [6.45, 7) is 1.89. The summed E-state index contributed by atoms with van der Waals surface area (Å²) in [4.78, 5) is 1.09. The van der Waals surface area contributed by atoms with Crippen LogP contribution >= 0.6 is 11.8 Å². The predicted molar refractivity (Wildman–Crippen MR) is 70.7 cm³/mol. The Morgan fingerprint density at radius 1 is 1.29 bits per heavy atom. The van der Waals surface area contributed by atoms with Crippen molar-refractivity contribution >= 4 is 11.8 Å². The van der Waals surface area contributed by atoms with Gasteiger partial charge in [-0.05, 0) is 49.8 Å². The molecule has 0 aromatic heterocycles. The minimum atomic E-state index is -0.458. The lowest BCUT2D eigenvalue weighted by atomic mass is 9.98. The lowest BCUT2D eigenvalue weighted by Crippen LogP contribution is -2.39. The Kier molecular flexibility index (Phi) is 5.95. The number of halogens is 1. The Balaban J connectivity index is 2.14. The zero-order valence-corrected chi connectivity index (χ0v) is 11.0. The molecule has 0 heterocycles. The molecule has 2 nitrogen and oxygen atoms in total. The maximum Gasteiger partial charge on any atom is 0.123 e. The van der Waals surface area contributed by atoms with E-state index in [4.69, 9.17) is 10.8 Å². The van der Waals surface area contributed by atoms with Gasteiger partial charge >= 0.3 is 0 Å². The maximum atomic E-state index is 12.7. The topological polar surface area (TPSA) is 46.2 Å². The molecular formula is C13H20FNOS. The summed E-state index contributed by atoms with van der Waals surface area (Å²) in [7, 11) is 0. The van der Waals surface area contributed by atoms with Gasteiger partial charge in [0.25, 0.3) is 0 Å². The van der Waals surface area contributed by atoms with Crippen LogP contribution in [0.5, 0.6) is 0 Å². The van der Waals surface area contributed by atoms with Crippen molar-refractivity contribution < 1.29 is 9.50 Å². The van der Waals surface area contributed by atoms with Crippen molar-refractivity contribution in [3.63, 3.8) is 0 Å². The van der Waals surface area contributed by atoms with E-state index in [1.165, 1.54) is 12.1 Å². The van der Waals surface area contributed by atoms with Crippen molar-refractivity contribution in [2.75, 3.05) is 12.4 Å². The number of thioether (sulfide) groups is 1. The molecule has 3 N–H and O–H groups in total. The molecule has 0 aliphatic rings. The lowest BCUT2D eigenvalue weighted by Gasteiger charge is -2.21. The third-order valence-electron chi connectivity index (χ3n) is 2.59. The highest BCUT2D eigenvalue weighted by Gasteiger charge is 2.15. The van der Waals surface area contributed by atoms with Crippen molar-refractivity contribution in [2.45, 2.75) is 36.6 Å². The Bertz CT molecular complexity index is 327. The molecule has 0 saturated carbocycles. The maximum absolute atomic E-state index is 12.7.